The molecule has 1 N–H and O–H groups in total. The van der Waals surface area contributed by atoms with Crippen molar-refractivity contribution in [3.63, 3.8) is 0 Å². The van der Waals surface area contributed by atoms with Gasteiger partial charge in [0.05, 0.1) is 5.02 Å². The van der Waals surface area contributed by atoms with Crippen molar-refractivity contribution in [3.8, 4) is 0 Å². The number of hydrogen-bond acceptors (Lipinski definition) is 3. The minimum atomic E-state index is 0.305. The van der Waals surface area contributed by atoms with Crippen LogP contribution in [-0.2, 0) is 11.2 Å². The van der Waals surface area contributed by atoms with Crippen LogP contribution in [0.2, 0.25) is 5.02 Å². The van der Waals surface area contributed by atoms with Gasteiger partial charge in [-0.2, -0.15) is 0 Å². The van der Waals surface area contributed by atoms with Gasteiger partial charge in [-0.05, 0) is 43.2 Å². The highest BCUT2D eigenvalue weighted by Gasteiger charge is 2.34. The Morgan fingerprint density at radius 3 is 2.79 bits per heavy atom. The Morgan fingerprint density at radius 1 is 1.37 bits per heavy atom. The van der Waals surface area contributed by atoms with Crippen LogP contribution in [0, 0.1) is 5.92 Å². The molecule has 2 saturated heterocycles. The van der Waals surface area contributed by atoms with Crippen molar-refractivity contribution in [2.75, 3.05) is 0 Å². The molecule has 0 amide bonds. The number of pyridine rings is 1. The van der Waals surface area contributed by atoms with Gasteiger partial charge in [0.15, 0.2) is 0 Å². The summed E-state index contributed by atoms with van der Waals surface area (Å²) in [6.07, 6.45) is 9.33. The van der Waals surface area contributed by atoms with E-state index in [2.05, 4.69) is 10.3 Å². The number of piperidine rings is 1. The number of carbonyl (C=O) groups excluding carboxylic acids is 1. The molecule has 2 unspecified atom stereocenters. The van der Waals surface area contributed by atoms with Crippen LogP contribution in [0.1, 0.15) is 37.7 Å². The molecule has 3 rings (SSSR count). The zero-order valence-electron chi connectivity index (χ0n) is 10.9. The number of rotatable bonds is 4. The molecule has 0 radical (unpaired) electrons. The van der Waals surface area contributed by atoms with Gasteiger partial charge in [-0.1, -0.05) is 11.6 Å². The molecule has 3 nitrogen and oxygen atoms in total. The van der Waals surface area contributed by atoms with Gasteiger partial charge in [0.2, 0.25) is 0 Å². The number of carbonyl (C=O) groups is 1. The first kappa shape index (κ1) is 13.1. The average molecular weight is 279 g/mol. The quantitative estimate of drug-likeness (QED) is 0.921. The number of aromatic nitrogens is 1. The van der Waals surface area contributed by atoms with Crippen molar-refractivity contribution in [1.29, 1.82) is 0 Å². The first-order chi connectivity index (χ1) is 9.20. The number of nitrogens with zero attached hydrogens (tertiary/aromatic N) is 1. The summed E-state index contributed by atoms with van der Waals surface area (Å²) in [6.45, 7) is 0. The van der Waals surface area contributed by atoms with Crippen LogP contribution < -0.4 is 5.32 Å². The third-order valence-electron chi connectivity index (χ3n) is 4.33. The molecule has 102 valence electrons. The van der Waals surface area contributed by atoms with Gasteiger partial charge in [0.25, 0.3) is 0 Å². The van der Waals surface area contributed by atoms with Gasteiger partial charge >= 0.3 is 0 Å². The van der Waals surface area contributed by atoms with Gasteiger partial charge in [-0.15, -0.1) is 0 Å². The van der Waals surface area contributed by atoms with E-state index in [9.17, 15) is 4.79 Å². The lowest BCUT2D eigenvalue weighted by molar-refractivity contribution is -0.119. The molecular weight excluding hydrogens is 260 g/mol. The molecule has 2 bridgehead atoms. The van der Waals surface area contributed by atoms with Gasteiger partial charge in [0.1, 0.15) is 5.78 Å². The summed E-state index contributed by atoms with van der Waals surface area (Å²) in [4.78, 5) is 16.1. The topological polar surface area (TPSA) is 42.0 Å². The summed E-state index contributed by atoms with van der Waals surface area (Å²) in [6, 6.07) is 3.15. The smallest absolute Gasteiger partial charge is 0.137 e. The largest absolute Gasteiger partial charge is 0.311 e. The molecule has 4 heteroatoms. The highest BCUT2D eigenvalue weighted by atomic mass is 35.5. The fourth-order valence-electron chi connectivity index (χ4n) is 3.50. The van der Waals surface area contributed by atoms with E-state index in [1.165, 1.54) is 12.8 Å². The molecule has 2 fully saturated rings. The predicted octanol–water partition coefficient (Wildman–Crippen LogP) is 2.77. The molecular formula is C15H19ClN2O. The van der Waals surface area contributed by atoms with E-state index in [0.29, 0.717) is 41.6 Å². The molecule has 1 aromatic rings. The average Bonchev–Trinajstić information content (AvgIpc) is 2.72. The fraction of sp³-hybridized carbons (Fsp3) is 0.600. The van der Waals surface area contributed by atoms with Crippen LogP contribution in [0.5, 0.6) is 0 Å². The molecule has 19 heavy (non-hydrogen) atoms. The number of Topliss-reactive ketones (excluding diaryl/α,β-unsaturated/α-hetero) is 1. The summed E-state index contributed by atoms with van der Waals surface area (Å²) >= 11 is 6.04. The lowest BCUT2D eigenvalue weighted by atomic mass is 9.87. The summed E-state index contributed by atoms with van der Waals surface area (Å²) in [5.74, 6) is 0.867. The van der Waals surface area contributed by atoms with E-state index in [4.69, 9.17) is 11.6 Å². The van der Waals surface area contributed by atoms with E-state index < -0.39 is 0 Å². The van der Waals surface area contributed by atoms with E-state index in [1.807, 2.05) is 6.07 Å². The van der Waals surface area contributed by atoms with Crippen molar-refractivity contribution in [2.45, 2.75) is 50.6 Å². The molecule has 0 aromatic carbocycles. The minimum Gasteiger partial charge on any atom is -0.311 e. The fourth-order valence-corrected chi connectivity index (χ4v) is 3.68. The molecule has 1 aromatic heterocycles. The Bertz CT molecular complexity index is 465. The molecule has 0 aliphatic carbocycles. The normalized spacial score (nSPS) is 29.4. The second-order valence-corrected chi connectivity index (χ2v) is 6.27. The number of ketones is 1. The second-order valence-electron chi connectivity index (χ2n) is 5.86. The molecule has 2 aliphatic rings. The standard InChI is InChI=1S/C15H19ClN2O/c16-15-9-17-4-3-11(15)8-14(19)7-10-5-12-1-2-13(6-10)18-12/h3-4,9-10,12-13,18H,1-2,5-8H2. The summed E-state index contributed by atoms with van der Waals surface area (Å²) in [5, 5.41) is 4.21. The SMILES string of the molecule is O=C(Cc1ccncc1Cl)CC1CC2CCC(C1)N2. The summed E-state index contributed by atoms with van der Waals surface area (Å²) in [5.41, 5.74) is 0.901. The highest BCUT2D eigenvalue weighted by Crippen LogP contribution is 2.33. The third-order valence-corrected chi connectivity index (χ3v) is 4.67. The van der Waals surface area contributed by atoms with Crippen LogP contribution >= 0.6 is 11.6 Å². The van der Waals surface area contributed by atoms with Gasteiger partial charge in [0, 0.05) is 37.3 Å². The van der Waals surface area contributed by atoms with E-state index in [1.54, 1.807) is 12.4 Å². The van der Waals surface area contributed by atoms with Crippen molar-refractivity contribution in [3.05, 3.63) is 29.0 Å². The van der Waals surface area contributed by atoms with E-state index in [0.717, 1.165) is 18.4 Å². The Balaban J connectivity index is 1.56. The third kappa shape index (κ3) is 3.15. The second kappa shape index (κ2) is 5.59. The molecule has 0 spiro atoms. The molecule has 2 aliphatic heterocycles. The summed E-state index contributed by atoms with van der Waals surface area (Å²) < 4.78 is 0. The van der Waals surface area contributed by atoms with Crippen LogP contribution in [-0.4, -0.2) is 22.9 Å². The summed E-state index contributed by atoms with van der Waals surface area (Å²) in [7, 11) is 0. The lowest BCUT2D eigenvalue weighted by Gasteiger charge is -2.28. The molecule has 3 heterocycles. The van der Waals surface area contributed by atoms with E-state index in [-0.39, 0.29) is 0 Å². The maximum atomic E-state index is 12.2. The minimum absolute atomic E-state index is 0.305. The van der Waals surface area contributed by atoms with Crippen LogP contribution in [0.4, 0.5) is 0 Å². The monoisotopic (exact) mass is 278 g/mol. The van der Waals surface area contributed by atoms with Gasteiger partial charge in [-0.25, -0.2) is 0 Å². The Kier molecular flexibility index (Phi) is 3.85. The van der Waals surface area contributed by atoms with Crippen LogP contribution in [0.3, 0.4) is 0 Å². The number of nitrogens with one attached hydrogen (secondary N) is 1. The van der Waals surface area contributed by atoms with Crippen LogP contribution in [0.25, 0.3) is 0 Å². The van der Waals surface area contributed by atoms with Crippen molar-refractivity contribution in [1.82, 2.24) is 10.3 Å². The lowest BCUT2D eigenvalue weighted by Crippen LogP contribution is -2.38. The maximum Gasteiger partial charge on any atom is 0.137 e. The first-order valence-corrected chi connectivity index (χ1v) is 7.44. The number of fused-ring (bicyclic) bond motifs is 2. The number of hydrogen-bond donors (Lipinski definition) is 1. The maximum absolute atomic E-state index is 12.2. The Labute approximate surface area is 118 Å². The Morgan fingerprint density at radius 2 is 2.11 bits per heavy atom. The van der Waals surface area contributed by atoms with Crippen molar-refractivity contribution < 1.29 is 4.79 Å². The van der Waals surface area contributed by atoms with E-state index >= 15 is 0 Å². The Hall–Kier alpha value is -0.930. The zero-order valence-corrected chi connectivity index (χ0v) is 11.7. The zero-order chi connectivity index (χ0) is 13.2. The first-order valence-electron chi connectivity index (χ1n) is 7.07. The van der Waals surface area contributed by atoms with Gasteiger partial charge in [-0.3, -0.25) is 9.78 Å². The predicted molar refractivity (Wildman–Crippen MR) is 75.2 cm³/mol. The number of halogens is 1. The van der Waals surface area contributed by atoms with Crippen molar-refractivity contribution >= 4 is 17.4 Å². The van der Waals surface area contributed by atoms with Gasteiger partial charge < -0.3 is 5.32 Å². The molecule has 0 saturated carbocycles. The highest BCUT2D eigenvalue weighted by molar-refractivity contribution is 6.31. The molecule has 2 atom stereocenters. The van der Waals surface area contributed by atoms with Crippen molar-refractivity contribution in [2.24, 2.45) is 5.92 Å². The van der Waals surface area contributed by atoms with Crippen LogP contribution in [0.15, 0.2) is 18.5 Å².